The van der Waals surface area contributed by atoms with Crippen LogP contribution in [0.4, 0.5) is 0 Å². The molecular weight excluding hydrogens is 358 g/mol. The van der Waals surface area contributed by atoms with Crippen molar-refractivity contribution < 1.29 is 18.6 Å². The van der Waals surface area contributed by atoms with Gasteiger partial charge in [0.1, 0.15) is 17.8 Å². The van der Waals surface area contributed by atoms with Crippen LogP contribution in [0, 0.1) is 0 Å². The molecule has 1 unspecified atom stereocenters. The minimum atomic E-state index is -0.168. The maximum atomic E-state index is 11.9. The SMILES string of the molecule is COc1ccc2cc(C3CN(Cc4cc(=O)c(OC)co4)CCO3)ccc2c1. The Bertz CT molecular complexity index is 1030. The lowest BCUT2D eigenvalue weighted by molar-refractivity contribution is -0.0347. The second-order valence-electron chi connectivity index (χ2n) is 6.85. The van der Waals surface area contributed by atoms with Gasteiger partial charge in [-0.3, -0.25) is 9.69 Å². The van der Waals surface area contributed by atoms with Crippen LogP contribution in [0.1, 0.15) is 17.4 Å². The Hall–Kier alpha value is -2.83. The van der Waals surface area contributed by atoms with Gasteiger partial charge in [-0.05, 0) is 34.5 Å². The largest absolute Gasteiger partial charge is 0.497 e. The Kier molecular flexibility index (Phi) is 5.32. The molecule has 28 heavy (non-hydrogen) atoms. The fourth-order valence-electron chi connectivity index (χ4n) is 3.51. The van der Waals surface area contributed by atoms with Gasteiger partial charge in [0, 0.05) is 19.2 Å². The molecule has 1 atom stereocenters. The van der Waals surface area contributed by atoms with E-state index in [9.17, 15) is 4.79 Å². The van der Waals surface area contributed by atoms with Gasteiger partial charge in [-0.2, -0.15) is 0 Å². The number of hydrogen-bond donors (Lipinski definition) is 0. The highest BCUT2D eigenvalue weighted by molar-refractivity contribution is 5.84. The van der Waals surface area contributed by atoms with Crippen LogP contribution in [0.2, 0.25) is 0 Å². The summed E-state index contributed by atoms with van der Waals surface area (Å²) in [7, 11) is 3.13. The van der Waals surface area contributed by atoms with E-state index in [-0.39, 0.29) is 17.3 Å². The predicted molar refractivity (Wildman–Crippen MR) is 106 cm³/mol. The van der Waals surface area contributed by atoms with Gasteiger partial charge in [-0.25, -0.2) is 0 Å². The summed E-state index contributed by atoms with van der Waals surface area (Å²) in [5.41, 5.74) is 0.970. The Morgan fingerprint density at radius 2 is 1.89 bits per heavy atom. The van der Waals surface area contributed by atoms with Crippen LogP contribution < -0.4 is 14.9 Å². The molecule has 3 aromatic rings. The highest BCUT2D eigenvalue weighted by Crippen LogP contribution is 2.28. The van der Waals surface area contributed by atoms with Crippen molar-refractivity contribution in [1.82, 2.24) is 4.90 Å². The monoisotopic (exact) mass is 381 g/mol. The number of morpholine rings is 1. The number of nitrogens with zero attached hydrogens (tertiary/aromatic N) is 1. The average Bonchev–Trinajstić information content (AvgIpc) is 2.73. The van der Waals surface area contributed by atoms with Crippen molar-refractivity contribution in [2.75, 3.05) is 33.9 Å². The first-order valence-corrected chi connectivity index (χ1v) is 9.23. The molecule has 1 aromatic heterocycles. The van der Waals surface area contributed by atoms with Crippen LogP contribution in [-0.4, -0.2) is 38.8 Å². The van der Waals surface area contributed by atoms with E-state index in [0.29, 0.717) is 18.9 Å². The van der Waals surface area contributed by atoms with Crippen molar-refractivity contribution in [1.29, 1.82) is 0 Å². The quantitative estimate of drug-likeness (QED) is 0.675. The zero-order valence-electron chi connectivity index (χ0n) is 16.0. The van der Waals surface area contributed by atoms with E-state index in [2.05, 4.69) is 29.2 Å². The van der Waals surface area contributed by atoms with E-state index < -0.39 is 0 Å². The molecule has 146 valence electrons. The summed E-state index contributed by atoms with van der Waals surface area (Å²) in [6.45, 7) is 2.71. The second-order valence-corrected chi connectivity index (χ2v) is 6.85. The van der Waals surface area contributed by atoms with Crippen LogP contribution in [0.3, 0.4) is 0 Å². The summed E-state index contributed by atoms with van der Waals surface area (Å²) < 4.78 is 21.8. The Labute approximate surface area is 163 Å². The van der Waals surface area contributed by atoms with Gasteiger partial charge in [0.15, 0.2) is 0 Å². The highest BCUT2D eigenvalue weighted by atomic mass is 16.5. The van der Waals surface area contributed by atoms with E-state index in [1.807, 2.05) is 12.1 Å². The van der Waals surface area contributed by atoms with Crippen molar-refractivity contribution in [2.45, 2.75) is 12.6 Å². The molecule has 1 saturated heterocycles. The number of fused-ring (bicyclic) bond motifs is 1. The minimum Gasteiger partial charge on any atom is -0.497 e. The fraction of sp³-hybridized carbons (Fsp3) is 0.318. The maximum Gasteiger partial charge on any atom is 0.227 e. The smallest absolute Gasteiger partial charge is 0.227 e. The van der Waals surface area contributed by atoms with Crippen molar-refractivity contribution in [3.8, 4) is 11.5 Å². The topological polar surface area (TPSA) is 61.1 Å². The molecule has 0 N–H and O–H groups in total. The van der Waals surface area contributed by atoms with E-state index in [4.69, 9.17) is 18.6 Å². The van der Waals surface area contributed by atoms with Gasteiger partial charge < -0.3 is 18.6 Å². The molecule has 0 spiro atoms. The lowest BCUT2D eigenvalue weighted by atomic mass is 10.0. The number of benzene rings is 2. The zero-order chi connectivity index (χ0) is 19.5. The molecule has 0 bridgehead atoms. The van der Waals surface area contributed by atoms with Gasteiger partial charge in [0.05, 0.1) is 33.5 Å². The summed E-state index contributed by atoms with van der Waals surface area (Å²) in [6.07, 6.45) is 1.35. The fourth-order valence-corrected chi connectivity index (χ4v) is 3.51. The van der Waals surface area contributed by atoms with Crippen molar-refractivity contribution in [3.63, 3.8) is 0 Å². The zero-order valence-corrected chi connectivity index (χ0v) is 16.0. The van der Waals surface area contributed by atoms with Gasteiger partial charge in [-0.1, -0.05) is 18.2 Å². The van der Waals surface area contributed by atoms with E-state index >= 15 is 0 Å². The number of ether oxygens (including phenoxy) is 3. The van der Waals surface area contributed by atoms with Crippen molar-refractivity contribution in [3.05, 3.63) is 70.3 Å². The molecule has 1 fully saturated rings. The van der Waals surface area contributed by atoms with E-state index in [0.717, 1.165) is 35.2 Å². The normalized spacial score (nSPS) is 17.6. The van der Waals surface area contributed by atoms with Crippen LogP contribution in [-0.2, 0) is 11.3 Å². The van der Waals surface area contributed by atoms with Crippen LogP contribution in [0.5, 0.6) is 11.5 Å². The van der Waals surface area contributed by atoms with Gasteiger partial charge >= 0.3 is 0 Å². The molecule has 0 saturated carbocycles. The van der Waals surface area contributed by atoms with E-state index in [1.165, 1.54) is 19.4 Å². The van der Waals surface area contributed by atoms with Gasteiger partial charge in [-0.15, -0.1) is 0 Å². The summed E-state index contributed by atoms with van der Waals surface area (Å²) >= 11 is 0. The molecule has 4 rings (SSSR count). The first-order chi connectivity index (χ1) is 13.7. The van der Waals surface area contributed by atoms with E-state index in [1.54, 1.807) is 7.11 Å². The van der Waals surface area contributed by atoms with Crippen LogP contribution in [0.25, 0.3) is 10.8 Å². The Balaban J connectivity index is 1.49. The maximum absolute atomic E-state index is 11.9. The van der Waals surface area contributed by atoms with Crippen LogP contribution in [0.15, 0.2) is 57.9 Å². The molecule has 0 amide bonds. The first-order valence-electron chi connectivity index (χ1n) is 9.23. The second kappa shape index (κ2) is 8.04. The number of methoxy groups -OCH3 is 2. The summed E-state index contributed by atoms with van der Waals surface area (Å²) in [4.78, 5) is 14.2. The average molecular weight is 381 g/mol. The molecule has 2 heterocycles. The Morgan fingerprint density at radius 3 is 2.68 bits per heavy atom. The third-order valence-corrected chi connectivity index (χ3v) is 5.05. The minimum absolute atomic E-state index is 0.0229. The van der Waals surface area contributed by atoms with Gasteiger partial charge in [0.25, 0.3) is 0 Å². The molecular formula is C22H23NO5. The summed E-state index contributed by atoms with van der Waals surface area (Å²) in [6, 6.07) is 13.9. The first kappa shape index (κ1) is 18.5. The standard InChI is InChI=1S/C22H23NO5/c1-25-18-6-5-15-9-17(4-3-16(15)10-18)21-13-23(7-8-27-21)12-19-11-20(24)22(26-2)14-28-19/h3-6,9-11,14,21H,7-8,12-13H2,1-2H3. The lowest BCUT2D eigenvalue weighted by Crippen LogP contribution is -2.37. The third kappa shape index (κ3) is 3.88. The molecule has 0 radical (unpaired) electrons. The molecule has 6 heteroatoms. The van der Waals surface area contributed by atoms with Crippen molar-refractivity contribution in [2.24, 2.45) is 0 Å². The Morgan fingerprint density at radius 1 is 1.07 bits per heavy atom. The predicted octanol–water partition coefficient (Wildman–Crippen LogP) is 3.38. The molecule has 6 nitrogen and oxygen atoms in total. The summed E-state index contributed by atoms with van der Waals surface area (Å²) in [5.74, 6) is 1.69. The number of hydrogen-bond acceptors (Lipinski definition) is 6. The number of rotatable bonds is 5. The highest BCUT2D eigenvalue weighted by Gasteiger charge is 2.23. The molecule has 1 aliphatic rings. The van der Waals surface area contributed by atoms with Crippen LogP contribution >= 0.6 is 0 Å². The summed E-state index contributed by atoms with van der Waals surface area (Å²) in [5, 5.41) is 2.29. The molecule has 2 aromatic carbocycles. The van der Waals surface area contributed by atoms with Gasteiger partial charge in [0.2, 0.25) is 11.2 Å². The third-order valence-electron chi connectivity index (χ3n) is 5.05. The lowest BCUT2D eigenvalue weighted by Gasteiger charge is -2.32. The molecule has 0 aliphatic carbocycles. The van der Waals surface area contributed by atoms with Crippen molar-refractivity contribution >= 4 is 10.8 Å². The molecule has 1 aliphatic heterocycles.